The van der Waals surface area contributed by atoms with Gasteiger partial charge in [0.05, 0.1) is 34.5 Å². The molecule has 0 radical (unpaired) electrons. The van der Waals surface area contributed by atoms with E-state index in [2.05, 4.69) is 5.32 Å². The molecule has 0 spiro atoms. The van der Waals surface area contributed by atoms with Crippen LogP contribution in [-0.4, -0.2) is 40.2 Å². The van der Waals surface area contributed by atoms with Crippen molar-refractivity contribution in [3.8, 4) is 34.1 Å². The van der Waals surface area contributed by atoms with Crippen molar-refractivity contribution < 1.29 is 23.7 Å². The summed E-state index contributed by atoms with van der Waals surface area (Å²) in [6.45, 7) is 1.95. The summed E-state index contributed by atoms with van der Waals surface area (Å²) in [4.78, 5) is 26.4. The number of halogens is 1. The minimum Gasteiger partial charge on any atom is -0.493 e. The summed E-state index contributed by atoms with van der Waals surface area (Å²) in [5.74, 6) is 1.47. The summed E-state index contributed by atoms with van der Waals surface area (Å²) >= 11 is 6.58. The van der Waals surface area contributed by atoms with Gasteiger partial charge in [0, 0.05) is 22.9 Å². The van der Waals surface area contributed by atoms with Crippen LogP contribution in [-0.2, 0) is 0 Å². The number of rotatable bonds is 7. The second kappa shape index (κ2) is 11.1. The van der Waals surface area contributed by atoms with Crippen LogP contribution in [0.2, 0.25) is 0 Å². The van der Waals surface area contributed by atoms with E-state index in [1.165, 1.54) is 13.2 Å². The van der Waals surface area contributed by atoms with Crippen LogP contribution in [0.4, 0.5) is 0 Å². The van der Waals surface area contributed by atoms with E-state index in [4.69, 9.17) is 30.5 Å². The van der Waals surface area contributed by atoms with Crippen LogP contribution in [0.1, 0.15) is 45.4 Å². The number of amides is 1. The third-order valence-corrected chi connectivity index (χ3v) is 7.20. The Morgan fingerprint density at radius 1 is 0.946 bits per heavy atom. The number of hydrogen-bond donors (Lipinski definition) is 1. The Kier molecular flexibility index (Phi) is 7.93. The number of alkyl halides is 1. The van der Waals surface area contributed by atoms with Gasteiger partial charge in [0.15, 0.2) is 17.2 Å². The standard InChI is InChI=1S/C29H30ClNO6/c1-16-24-18(15-30)13-21(31-29(33)17-9-7-6-8-10-17)20-14-22(32)23(34-2)12-11-19(20)25(24)27(36-4)28(37-5)26(16)35-3/h6-12,14,18,21H,13,15H2,1-5H3,(H,31,33). The van der Waals surface area contributed by atoms with Gasteiger partial charge in [0.1, 0.15) is 0 Å². The van der Waals surface area contributed by atoms with Crippen LogP contribution < -0.4 is 29.7 Å². The van der Waals surface area contributed by atoms with Crippen molar-refractivity contribution in [2.45, 2.75) is 25.3 Å². The fraction of sp³-hybridized carbons (Fsp3) is 0.310. The SMILES string of the molecule is COc1c(C)c2c(c(OC)c1OC)-c1ccc(OC)c(=O)cc1C(NC(=O)c1ccccc1)CC2CCl. The lowest BCUT2D eigenvalue weighted by Gasteiger charge is -2.25. The number of carbonyl (C=O) groups excluding carboxylic acids is 1. The predicted molar refractivity (Wildman–Crippen MR) is 144 cm³/mol. The Labute approximate surface area is 221 Å². The lowest BCUT2D eigenvalue weighted by molar-refractivity contribution is 0.0933. The molecule has 8 heteroatoms. The average molecular weight is 524 g/mol. The summed E-state index contributed by atoms with van der Waals surface area (Å²) in [7, 11) is 6.14. The molecule has 1 aliphatic rings. The fourth-order valence-corrected chi connectivity index (χ4v) is 5.45. The van der Waals surface area contributed by atoms with Crippen molar-refractivity contribution >= 4 is 17.5 Å². The highest BCUT2D eigenvalue weighted by molar-refractivity contribution is 6.18. The molecule has 37 heavy (non-hydrogen) atoms. The number of hydrogen-bond acceptors (Lipinski definition) is 6. The summed E-state index contributed by atoms with van der Waals surface area (Å²) in [5.41, 5.74) is 4.07. The van der Waals surface area contributed by atoms with Crippen LogP contribution in [0.5, 0.6) is 23.0 Å². The molecule has 4 rings (SSSR count). The van der Waals surface area contributed by atoms with E-state index in [0.29, 0.717) is 40.4 Å². The van der Waals surface area contributed by atoms with Gasteiger partial charge in [-0.15, -0.1) is 11.6 Å². The molecule has 3 aromatic carbocycles. The highest BCUT2D eigenvalue weighted by Gasteiger charge is 2.36. The van der Waals surface area contributed by atoms with Gasteiger partial charge in [-0.2, -0.15) is 0 Å². The Morgan fingerprint density at radius 3 is 2.22 bits per heavy atom. The van der Waals surface area contributed by atoms with Crippen molar-refractivity contribution in [2.75, 3.05) is 34.3 Å². The second-order valence-electron chi connectivity index (χ2n) is 8.77. The quantitative estimate of drug-likeness (QED) is 0.426. The predicted octanol–water partition coefficient (Wildman–Crippen LogP) is 5.25. The number of fused-ring (bicyclic) bond motifs is 3. The molecule has 0 aliphatic heterocycles. The van der Waals surface area contributed by atoms with E-state index >= 15 is 0 Å². The van der Waals surface area contributed by atoms with Crippen LogP contribution in [0, 0.1) is 6.92 Å². The number of ether oxygens (including phenoxy) is 4. The van der Waals surface area contributed by atoms with Gasteiger partial charge in [-0.25, -0.2) is 0 Å². The first-order valence-electron chi connectivity index (χ1n) is 11.9. The van der Waals surface area contributed by atoms with Crippen molar-refractivity contribution in [1.29, 1.82) is 0 Å². The molecule has 3 aromatic rings. The van der Waals surface area contributed by atoms with Gasteiger partial charge in [0.2, 0.25) is 11.2 Å². The van der Waals surface area contributed by atoms with E-state index < -0.39 is 6.04 Å². The molecule has 2 atom stereocenters. The van der Waals surface area contributed by atoms with Gasteiger partial charge in [0.25, 0.3) is 5.91 Å². The first kappa shape index (κ1) is 26.4. The third kappa shape index (κ3) is 4.71. The number of nitrogens with one attached hydrogen (secondary N) is 1. The number of carbonyl (C=O) groups is 1. The zero-order valence-electron chi connectivity index (χ0n) is 21.5. The zero-order valence-corrected chi connectivity index (χ0v) is 22.3. The van der Waals surface area contributed by atoms with Crippen LogP contribution in [0.25, 0.3) is 11.1 Å². The molecule has 0 aromatic heterocycles. The largest absolute Gasteiger partial charge is 0.493 e. The van der Waals surface area contributed by atoms with Gasteiger partial charge >= 0.3 is 0 Å². The lowest BCUT2D eigenvalue weighted by Crippen LogP contribution is -2.30. The molecule has 1 aliphatic carbocycles. The minimum absolute atomic E-state index is 0.188. The molecular formula is C29H30ClNO6. The normalized spacial score (nSPS) is 16.1. The van der Waals surface area contributed by atoms with Crippen LogP contribution in [0.3, 0.4) is 0 Å². The van der Waals surface area contributed by atoms with Gasteiger partial charge < -0.3 is 24.3 Å². The second-order valence-corrected chi connectivity index (χ2v) is 9.08. The number of benzene rings is 2. The van der Waals surface area contributed by atoms with Crippen LogP contribution in [0.15, 0.2) is 53.3 Å². The molecule has 0 saturated carbocycles. The molecule has 0 heterocycles. The maximum Gasteiger partial charge on any atom is 0.251 e. The Hall–Kier alpha value is -3.71. The van der Waals surface area contributed by atoms with E-state index in [0.717, 1.165) is 16.7 Å². The molecule has 194 valence electrons. The summed E-state index contributed by atoms with van der Waals surface area (Å²) in [5, 5.41) is 3.14. The topological polar surface area (TPSA) is 83.1 Å². The monoisotopic (exact) mass is 523 g/mol. The van der Waals surface area contributed by atoms with E-state index in [1.807, 2.05) is 19.1 Å². The maximum atomic E-state index is 13.3. The molecule has 0 fully saturated rings. The molecule has 7 nitrogen and oxygen atoms in total. The lowest BCUT2D eigenvalue weighted by atomic mass is 9.86. The van der Waals surface area contributed by atoms with Crippen molar-refractivity contribution in [3.63, 3.8) is 0 Å². The molecule has 2 unspecified atom stereocenters. The molecular weight excluding hydrogens is 494 g/mol. The first-order valence-corrected chi connectivity index (χ1v) is 12.4. The zero-order chi connectivity index (χ0) is 26.7. The highest BCUT2D eigenvalue weighted by atomic mass is 35.5. The van der Waals surface area contributed by atoms with E-state index in [9.17, 15) is 9.59 Å². The maximum absolute atomic E-state index is 13.3. The molecule has 1 amide bonds. The summed E-state index contributed by atoms with van der Waals surface area (Å²) < 4.78 is 22.7. The van der Waals surface area contributed by atoms with E-state index in [-0.39, 0.29) is 28.9 Å². The van der Waals surface area contributed by atoms with Crippen molar-refractivity contribution in [1.82, 2.24) is 5.32 Å². The fourth-order valence-electron chi connectivity index (χ4n) is 5.17. The van der Waals surface area contributed by atoms with E-state index in [1.54, 1.807) is 51.7 Å². The van der Waals surface area contributed by atoms with Crippen molar-refractivity contribution in [2.24, 2.45) is 0 Å². The molecule has 0 bridgehead atoms. The van der Waals surface area contributed by atoms with Gasteiger partial charge in [-0.3, -0.25) is 9.59 Å². The van der Waals surface area contributed by atoms with Gasteiger partial charge in [-0.05, 0) is 59.9 Å². The summed E-state index contributed by atoms with van der Waals surface area (Å²) in [6, 6.07) is 13.4. The minimum atomic E-state index is -0.523. The highest BCUT2D eigenvalue weighted by Crippen LogP contribution is 2.55. The smallest absolute Gasteiger partial charge is 0.251 e. The molecule has 0 saturated heterocycles. The number of methoxy groups -OCH3 is 4. The Balaban J connectivity index is 2.06. The Morgan fingerprint density at radius 2 is 1.62 bits per heavy atom. The average Bonchev–Trinajstić information content (AvgIpc) is 3.16. The van der Waals surface area contributed by atoms with Gasteiger partial charge in [-0.1, -0.05) is 24.3 Å². The first-order chi connectivity index (χ1) is 17.9. The summed E-state index contributed by atoms with van der Waals surface area (Å²) in [6.07, 6.45) is 0.452. The Bertz CT molecular complexity index is 1380. The van der Waals surface area contributed by atoms with Crippen LogP contribution >= 0.6 is 11.6 Å². The third-order valence-electron chi connectivity index (χ3n) is 6.83. The molecule has 1 N–H and O–H groups in total. The van der Waals surface area contributed by atoms with Crippen molar-refractivity contribution in [3.05, 3.63) is 81.0 Å².